The predicted octanol–water partition coefficient (Wildman–Crippen LogP) is 5.32. The largest absolute Gasteiger partial charge is 0.303 e. The van der Waals surface area contributed by atoms with Crippen LogP contribution < -0.4 is 0 Å². The van der Waals surface area contributed by atoms with E-state index >= 15 is 0 Å². The highest BCUT2D eigenvalue weighted by Gasteiger charge is 2.28. The molecule has 1 aromatic rings. The molecule has 20 heavy (non-hydrogen) atoms. The van der Waals surface area contributed by atoms with Gasteiger partial charge in [-0.15, -0.1) is 11.8 Å². The minimum Gasteiger partial charge on any atom is -0.303 e. The van der Waals surface area contributed by atoms with Crippen molar-refractivity contribution < 1.29 is 4.79 Å². The van der Waals surface area contributed by atoms with Crippen LogP contribution in [0.25, 0.3) is 0 Å². The molecule has 0 fully saturated rings. The number of hydrogen-bond acceptors (Lipinski definition) is 2. The third kappa shape index (κ3) is 3.46. The van der Waals surface area contributed by atoms with E-state index in [4.69, 9.17) is 0 Å². The SMILES string of the molecule is CCCCCC(C=O)c1ccc2c(c1)C(C)(C)CCS2. The number of unbranched alkanes of at least 4 members (excludes halogenated alkanes) is 2. The summed E-state index contributed by atoms with van der Waals surface area (Å²) in [6.45, 7) is 6.85. The zero-order chi connectivity index (χ0) is 14.6. The fourth-order valence-corrected chi connectivity index (χ4v) is 4.40. The molecule has 0 spiro atoms. The van der Waals surface area contributed by atoms with Crippen molar-refractivity contribution in [2.45, 2.75) is 69.1 Å². The molecule has 0 saturated heterocycles. The molecule has 0 N–H and O–H groups in total. The molecule has 1 unspecified atom stereocenters. The van der Waals surface area contributed by atoms with Gasteiger partial charge in [0.1, 0.15) is 6.29 Å². The molecule has 2 rings (SSSR count). The van der Waals surface area contributed by atoms with Gasteiger partial charge in [0.25, 0.3) is 0 Å². The second kappa shape index (κ2) is 6.80. The van der Waals surface area contributed by atoms with E-state index in [1.54, 1.807) is 0 Å². The first-order valence-electron chi connectivity index (χ1n) is 7.81. The number of hydrogen-bond donors (Lipinski definition) is 0. The van der Waals surface area contributed by atoms with E-state index < -0.39 is 0 Å². The maximum Gasteiger partial charge on any atom is 0.127 e. The summed E-state index contributed by atoms with van der Waals surface area (Å²) in [6, 6.07) is 6.69. The predicted molar refractivity (Wildman–Crippen MR) is 87.8 cm³/mol. The van der Waals surface area contributed by atoms with Crippen LogP contribution in [0, 0.1) is 0 Å². The molecule has 1 aliphatic heterocycles. The van der Waals surface area contributed by atoms with Crippen LogP contribution in [-0.4, -0.2) is 12.0 Å². The van der Waals surface area contributed by atoms with Crippen molar-refractivity contribution in [2.24, 2.45) is 0 Å². The summed E-state index contributed by atoms with van der Waals surface area (Å²) in [4.78, 5) is 12.8. The molecule has 0 aliphatic carbocycles. The Kier molecular flexibility index (Phi) is 5.31. The monoisotopic (exact) mass is 290 g/mol. The molecule has 0 saturated carbocycles. The van der Waals surface area contributed by atoms with Crippen molar-refractivity contribution in [1.29, 1.82) is 0 Å². The van der Waals surface area contributed by atoms with Crippen molar-refractivity contribution >= 4 is 18.0 Å². The molecule has 0 aromatic heterocycles. The third-order valence-corrected chi connectivity index (χ3v) is 5.50. The fourth-order valence-electron chi connectivity index (χ4n) is 2.91. The van der Waals surface area contributed by atoms with Gasteiger partial charge in [0.2, 0.25) is 0 Å². The third-order valence-electron chi connectivity index (χ3n) is 4.43. The summed E-state index contributed by atoms with van der Waals surface area (Å²) < 4.78 is 0. The molecule has 0 radical (unpaired) electrons. The van der Waals surface area contributed by atoms with E-state index in [2.05, 4.69) is 39.0 Å². The summed E-state index contributed by atoms with van der Waals surface area (Å²) in [7, 11) is 0. The molecule has 1 aromatic carbocycles. The Morgan fingerprint density at radius 3 is 2.85 bits per heavy atom. The van der Waals surface area contributed by atoms with E-state index in [-0.39, 0.29) is 11.3 Å². The highest BCUT2D eigenvalue weighted by Crippen LogP contribution is 2.42. The van der Waals surface area contributed by atoms with Crippen LogP contribution >= 0.6 is 11.8 Å². The summed E-state index contributed by atoms with van der Waals surface area (Å²) in [5.41, 5.74) is 2.90. The smallest absolute Gasteiger partial charge is 0.127 e. The molecule has 1 heterocycles. The van der Waals surface area contributed by atoms with Gasteiger partial charge in [-0.3, -0.25) is 0 Å². The van der Waals surface area contributed by atoms with Crippen LogP contribution in [0.15, 0.2) is 23.1 Å². The molecular weight excluding hydrogens is 264 g/mol. The summed E-state index contributed by atoms with van der Waals surface area (Å²) in [6.07, 6.45) is 6.92. The lowest BCUT2D eigenvalue weighted by atomic mass is 9.80. The highest BCUT2D eigenvalue weighted by atomic mass is 32.2. The van der Waals surface area contributed by atoms with Gasteiger partial charge in [-0.05, 0) is 41.2 Å². The van der Waals surface area contributed by atoms with Crippen LogP contribution in [0.4, 0.5) is 0 Å². The quantitative estimate of drug-likeness (QED) is 0.521. The van der Waals surface area contributed by atoms with Crippen molar-refractivity contribution in [3.8, 4) is 0 Å². The van der Waals surface area contributed by atoms with Crippen LogP contribution in [0.3, 0.4) is 0 Å². The molecule has 2 heteroatoms. The van der Waals surface area contributed by atoms with Gasteiger partial charge in [0.05, 0.1) is 0 Å². The number of fused-ring (bicyclic) bond motifs is 1. The average Bonchev–Trinajstić information content (AvgIpc) is 2.43. The van der Waals surface area contributed by atoms with Gasteiger partial charge in [0, 0.05) is 10.8 Å². The lowest BCUT2D eigenvalue weighted by Gasteiger charge is -2.32. The molecular formula is C18H26OS. The van der Waals surface area contributed by atoms with Crippen molar-refractivity contribution in [3.05, 3.63) is 29.3 Å². The summed E-state index contributed by atoms with van der Waals surface area (Å²) in [5.74, 6) is 1.28. The number of carbonyl (C=O) groups is 1. The highest BCUT2D eigenvalue weighted by molar-refractivity contribution is 7.99. The number of aldehydes is 1. The van der Waals surface area contributed by atoms with E-state index in [9.17, 15) is 4.79 Å². The first-order valence-corrected chi connectivity index (χ1v) is 8.79. The summed E-state index contributed by atoms with van der Waals surface area (Å²) in [5, 5.41) is 0. The van der Waals surface area contributed by atoms with Crippen molar-refractivity contribution in [1.82, 2.24) is 0 Å². The molecule has 0 amide bonds. The minimum atomic E-state index is 0.0783. The molecule has 1 aliphatic rings. The summed E-state index contributed by atoms with van der Waals surface area (Å²) >= 11 is 1.95. The van der Waals surface area contributed by atoms with Gasteiger partial charge in [-0.25, -0.2) is 0 Å². The van der Waals surface area contributed by atoms with Crippen LogP contribution in [-0.2, 0) is 10.2 Å². The first-order chi connectivity index (χ1) is 9.58. The Bertz CT molecular complexity index is 464. The van der Waals surface area contributed by atoms with Gasteiger partial charge >= 0.3 is 0 Å². The number of carbonyl (C=O) groups excluding carboxylic acids is 1. The molecule has 110 valence electrons. The average molecular weight is 290 g/mol. The molecule has 1 atom stereocenters. The number of thioether (sulfide) groups is 1. The maximum absolute atomic E-state index is 11.4. The first kappa shape index (κ1) is 15.6. The number of rotatable bonds is 6. The Labute approximate surface area is 127 Å². The van der Waals surface area contributed by atoms with Gasteiger partial charge in [0.15, 0.2) is 0 Å². The van der Waals surface area contributed by atoms with Crippen LogP contribution in [0.2, 0.25) is 0 Å². The van der Waals surface area contributed by atoms with E-state index in [0.717, 1.165) is 19.1 Å². The Morgan fingerprint density at radius 2 is 2.15 bits per heavy atom. The Hall–Kier alpha value is -0.760. The van der Waals surface area contributed by atoms with Crippen molar-refractivity contribution in [2.75, 3.05) is 5.75 Å². The topological polar surface area (TPSA) is 17.1 Å². The fraction of sp³-hybridized carbons (Fsp3) is 0.611. The van der Waals surface area contributed by atoms with Crippen LogP contribution in [0.1, 0.15) is 69.9 Å². The second-order valence-corrected chi connectivity index (χ2v) is 7.61. The zero-order valence-electron chi connectivity index (χ0n) is 12.9. The van der Waals surface area contributed by atoms with Gasteiger partial charge in [-0.1, -0.05) is 52.2 Å². The van der Waals surface area contributed by atoms with E-state index in [0.29, 0.717) is 0 Å². The lowest BCUT2D eigenvalue weighted by Crippen LogP contribution is -2.23. The van der Waals surface area contributed by atoms with E-state index in [1.807, 2.05) is 11.8 Å². The zero-order valence-corrected chi connectivity index (χ0v) is 13.8. The van der Waals surface area contributed by atoms with Crippen LogP contribution in [0.5, 0.6) is 0 Å². The second-order valence-electron chi connectivity index (χ2n) is 6.48. The minimum absolute atomic E-state index is 0.0783. The Balaban J connectivity index is 2.22. The van der Waals surface area contributed by atoms with Crippen molar-refractivity contribution in [3.63, 3.8) is 0 Å². The standard InChI is InChI=1S/C18H26OS/c1-4-5-6-7-15(13-19)14-8-9-17-16(12-14)18(2,3)10-11-20-17/h8-9,12-13,15H,4-7,10-11H2,1-3H3. The van der Waals surface area contributed by atoms with Gasteiger partial charge in [-0.2, -0.15) is 0 Å². The molecule has 1 nitrogen and oxygen atoms in total. The normalized spacial score (nSPS) is 18.4. The van der Waals surface area contributed by atoms with Gasteiger partial charge < -0.3 is 4.79 Å². The Morgan fingerprint density at radius 1 is 1.35 bits per heavy atom. The number of benzene rings is 1. The van der Waals surface area contributed by atoms with E-state index in [1.165, 1.54) is 41.0 Å². The molecule has 0 bridgehead atoms. The lowest BCUT2D eigenvalue weighted by molar-refractivity contribution is -0.109. The maximum atomic E-state index is 11.4.